The molecule has 1 atom stereocenters. The number of pyridine rings is 1. The maximum Gasteiger partial charge on any atom is 0.319 e. The number of nitrogens with zero attached hydrogens (tertiary/aromatic N) is 1. The van der Waals surface area contributed by atoms with Gasteiger partial charge in [-0.15, -0.1) is 0 Å². The quantitative estimate of drug-likeness (QED) is 0.571. The molecular weight excluding hydrogens is 412 g/mol. The third-order valence-electron chi connectivity index (χ3n) is 5.19. The summed E-state index contributed by atoms with van der Waals surface area (Å²) in [5.74, 6) is 0.265. The monoisotopic (exact) mass is 431 g/mol. The standard InChI is InChI=1S/C22H20ClF2N3O2/c1-13-7-17-14(10-26-13)3-2-4-18(17)27-21(29)28-19-9-22(11-24,12-25)30-20-8-15(23)5-6-16(19)20/h2-8,10,19H,9,11-12H2,1H3,(H2,27,28,29)/t19-/m0/s1. The molecule has 1 aliphatic heterocycles. The van der Waals surface area contributed by atoms with Crippen LogP contribution < -0.4 is 15.4 Å². The van der Waals surface area contributed by atoms with Crippen molar-refractivity contribution in [3.05, 3.63) is 64.9 Å². The van der Waals surface area contributed by atoms with E-state index in [0.717, 1.165) is 16.5 Å². The van der Waals surface area contributed by atoms with Crippen molar-refractivity contribution >= 4 is 34.1 Å². The number of fused-ring (bicyclic) bond motifs is 2. The Morgan fingerprint density at radius 3 is 2.83 bits per heavy atom. The molecule has 1 aromatic heterocycles. The number of benzene rings is 2. The minimum atomic E-state index is -1.65. The van der Waals surface area contributed by atoms with Crippen molar-refractivity contribution in [3.63, 3.8) is 0 Å². The van der Waals surface area contributed by atoms with Crippen LogP contribution in [0, 0.1) is 6.92 Å². The highest BCUT2D eigenvalue weighted by atomic mass is 35.5. The molecule has 1 aliphatic rings. The first kappa shape index (κ1) is 20.3. The molecule has 0 saturated carbocycles. The summed E-state index contributed by atoms with van der Waals surface area (Å²) in [7, 11) is 0. The molecule has 0 saturated heterocycles. The molecule has 4 rings (SSSR count). The number of carbonyl (C=O) groups excluding carboxylic acids is 1. The number of amides is 2. The normalized spacial score (nSPS) is 17.1. The van der Waals surface area contributed by atoms with Crippen molar-refractivity contribution in [2.75, 3.05) is 18.7 Å². The first-order valence-electron chi connectivity index (χ1n) is 9.46. The number of aryl methyl sites for hydroxylation is 1. The number of halogens is 3. The van der Waals surface area contributed by atoms with Gasteiger partial charge in [-0.3, -0.25) is 4.98 Å². The van der Waals surface area contributed by atoms with Gasteiger partial charge in [-0.1, -0.05) is 29.8 Å². The molecule has 2 aromatic carbocycles. The number of alkyl halides is 2. The summed E-state index contributed by atoms with van der Waals surface area (Å²) in [4.78, 5) is 17.0. The molecule has 0 spiro atoms. The van der Waals surface area contributed by atoms with Crippen LogP contribution in [0.4, 0.5) is 19.3 Å². The fraction of sp³-hybridized carbons (Fsp3) is 0.273. The maximum atomic E-state index is 13.7. The Bertz CT molecular complexity index is 1100. The van der Waals surface area contributed by atoms with Crippen LogP contribution in [0.3, 0.4) is 0 Å². The summed E-state index contributed by atoms with van der Waals surface area (Å²) in [5.41, 5.74) is 0.395. The molecule has 30 heavy (non-hydrogen) atoms. The third kappa shape index (κ3) is 3.89. The third-order valence-corrected chi connectivity index (χ3v) is 5.43. The Labute approximate surface area is 177 Å². The van der Waals surface area contributed by atoms with Crippen LogP contribution in [0.1, 0.15) is 23.7 Å². The van der Waals surface area contributed by atoms with E-state index in [4.69, 9.17) is 16.3 Å². The van der Waals surface area contributed by atoms with Gasteiger partial charge in [0, 0.05) is 39.7 Å². The first-order chi connectivity index (χ1) is 14.4. The van der Waals surface area contributed by atoms with E-state index < -0.39 is 31.0 Å². The van der Waals surface area contributed by atoms with Gasteiger partial charge in [0.2, 0.25) is 0 Å². The minimum Gasteiger partial charge on any atom is -0.481 e. The molecule has 0 aliphatic carbocycles. The van der Waals surface area contributed by atoms with E-state index >= 15 is 0 Å². The average Bonchev–Trinajstić information content (AvgIpc) is 2.73. The zero-order valence-corrected chi connectivity index (χ0v) is 17.0. The SMILES string of the molecule is Cc1cc2c(NC(=O)N[C@H]3CC(CF)(CF)Oc4cc(Cl)ccc43)cccc2cn1. The molecule has 0 bridgehead atoms. The Morgan fingerprint density at radius 2 is 2.07 bits per heavy atom. The van der Waals surface area contributed by atoms with E-state index in [2.05, 4.69) is 15.6 Å². The lowest BCUT2D eigenvalue weighted by Gasteiger charge is -2.39. The highest BCUT2D eigenvalue weighted by Gasteiger charge is 2.42. The van der Waals surface area contributed by atoms with Gasteiger partial charge < -0.3 is 15.4 Å². The molecule has 3 aromatic rings. The van der Waals surface area contributed by atoms with Crippen molar-refractivity contribution in [1.29, 1.82) is 0 Å². The fourth-order valence-corrected chi connectivity index (χ4v) is 3.83. The van der Waals surface area contributed by atoms with Gasteiger partial charge in [-0.05, 0) is 31.2 Å². The Balaban J connectivity index is 1.61. The number of urea groups is 1. The van der Waals surface area contributed by atoms with E-state index in [1.54, 1.807) is 24.4 Å². The van der Waals surface area contributed by atoms with Crippen molar-refractivity contribution in [1.82, 2.24) is 10.3 Å². The molecule has 5 nitrogen and oxygen atoms in total. The largest absolute Gasteiger partial charge is 0.481 e. The van der Waals surface area contributed by atoms with Gasteiger partial charge >= 0.3 is 6.03 Å². The lowest BCUT2D eigenvalue weighted by molar-refractivity contribution is -0.0104. The number of hydrogen-bond acceptors (Lipinski definition) is 3. The van der Waals surface area contributed by atoms with E-state index in [9.17, 15) is 13.6 Å². The van der Waals surface area contributed by atoms with Gasteiger partial charge in [-0.2, -0.15) is 0 Å². The average molecular weight is 432 g/mol. The van der Waals surface area contributed by atoms with Crippen molar-refractivity contribution in [2.24, 2.45) is 0 Å². The maximum absolute atomic E-state index is 13.7. The molecule has 0 radical (unpaired) electrons. The summed E-state index contributed by atoms with van der Waals surface area (Å²) >= 11 is 6.01. The van der Waals surface area contributed by atoms with Crippen LogP contribution in [0.25, 0.3) is 10.8 Å². The van der Waals surface area contributed by atoms with Gasteiger partial charge in [0.05, 0.1) is 11.7 Å². The highest BCUT2D eigenvalue weighted by molar-refractivity contribution is 6.30. The first-order valence-corrected chi connectivity index (χ1v) is 9.84. The van der Waals surface area contributed by atoms with Gasteiger partial charge in [0.25, 0.3) is 0 Å². The topological polar surface area (TPSA) is 63.2 Å². The van der Waals surface area contributed by atoms with Gasteiger partial charge in [-0.25, -0.2) is 13.6 Å². The van der Waals surface area contributed by atoms with Crippen LogP contribution in [0.15, 0.2) is 48.7 Å². The predicted molar refractivity (Wildman–Crippen MR) is 113 cm³/mol. The van der Waals surface area contributed by atoms with E-state index in [1.165, 1.54) is 6.07 Å². The van der Waals surface area contributed by atoms with Gasteiger partial charge in [0.15, 0.2) is 5.60 Å². The number of anilines is 1. The molecule has 8 heteroatoms. The van der Waals surface area contributed by atoms with Crippen molar-refractivity contribution in [3.8, 4) is 5.75 Å². The van der Waals surface area contributed by atoms with Crippen molar-refractivity contribution in [2.45, 2.75) is 25.0 Å². The molecular formula is C22H20ClF2N3O2. The van der Waals surface area contributed by atoms with Crippen molar-refractivity contribution < 1.29 is 18.3 Å². The number of rotatable bonds is 4. The molecule has 2 amide bonds. The Kier molecular flexibility index (Phi) is 5.47. The van der Waals surface area contributed by atoms with E-state index in [-0.39, 0.29) is 12.2 Å². The predicted octanol–water partition coefficient (Wildman–Crippen LogP) is 5.52. The molecule has 156 valence electrons. The number of aromatic nitrogens is 1. The second kappa shape index (κ2) is 8.07. The smallest absolute Gasteiger partial charge is 0.319 e. The van der Waals surface area contributed by atoms with Crippen LogP contribution >= 0.6 is 11.6 Å². The van der Waals surface area contributed by atoms with Crippen LogP contribution in [-0.4, -0.2) is 30.0 Å². The number of ether oxygens (including phenoxy) is 1. The number of hydrogen-bond donors (Lipinski definition) is 2. The van der Waals surface area contributed by atoms with E-state index in [1.807, 2.05) is 25.1 Å². The van der Waals surface area contributed by atoms with Crippen LogP contribution in [0.2, 0.25) is 5.02 Å². The summed E-state index contributed by atoms with van der Waals surface area (Å²) in [6, 6.07) is 11.1. The molecule has 0 fully saturated rings. The highest BCUT2D eigenvalue weighted by Crippen LogP contribution is 2.41. The zero-order chi connectivity index (χ0) is 21.3. The molecule has 2 heterocycles. The minimum absolute atomic E-state index is 0.0411. The van der Waals surface area contributed by atoms with Gasteiger partial charge in [0.1, 0.15) is 19.1 Å². The molecule has 0 unspecified atom stereocenters. The number of carbonyl (C=O) groups is 1. The fourth-order valence-electron chi connectivity index (χ4n) is 3.67. The lowest BCUT2D eigenvalue weighted by atomic mass is 9.88. The molecule has 2 N–H and O–H groups in total. The Morgan fingerprint density at radius 1 is 1.27 bits per heavy atom. The summed E-state index contributed by atoms with van der Waals surface area (Å²) in [5, 5.41) is 7.77. The van der Waals surface area contributed by atoms with Crippen LogP contribution in [0.5, 0.6) is 5.75 Å². The summed E-state index contributed by atoms with van der Waals surface area (Å²) in [6.07, 6.45) is 1.70. The second-order valence-corrected chi connectivity index (χ2v) is 7.88. The van der Waals surface area contributed by atoms with Crippen LogP contribution in [-0.2, 0) is 0 Å². The zero-order valence-electron chi connectivity index (χ0n) is 16.2. The Hall–Kier alpha value is -2.93. The summed E-state index contributed by atoms with van der Waals surface area (Å²) < 4.78 is 32.9. The second-order valence-electron chi connectivity index (χ2n) is 7.44. The lowest BCUT2D eigenvalue weighted by Crippen LogP contribution is -2.49. The number of nitrogens with one attached hydrogen (secondary N) is 2. The summed E-state index contributed by atoms with van der Waals surface area (Å²) in [6.45, 7) is -0.177. The van der Waals surface area contributed by atoms with E-state index in [0.29, 0.717) is 16.3 Å².